The molecule has 3 fully saturated rings. The van der Waals surface area contributed by atoms with Crippen LogP contribution in [-0.2, 0) is 36.3 Å². The molecule has 2 heterocycles. The van der Waals surface area contributed by atoms with Gasteiger partial charge in [0.2, 0.25) is 5.91 Å². The van der Waals surface area contributed by atoms with E-state index in [4.69, 9.17) is 18.6 Å². The number of anilines is 2. The van der Waals surface area contributed by atoms with E-state index in [-0.39, 0.29) is 53.1 Å². The molecule has 1 saturated heterocycles. The minimum Gasteiger partial charge on any atom is -0.506 e. The second-order valence-corrected chi connectivity index (χ2v) is 25.4. The van der Waals surface area contributed by atoms with E-state index < -0.39 is 14.4 Å². The van der Waals surface area contributed by atoms with E-state index in [0.29, 0.717) is 56.9 Å². The van der Waals surface area contributed by atoms with Gasteiger partial charge in [0.15, 0.2) is 20.7 Å². The lowest BCUT2D eigenvalue weighted by Gasteiger charge is -2.40. The van der Waals surface area contributed by atoms with Gasteiger partial charge < -0.3 is 44.2 Å². The van der Waals surface area contributed by atoms with Crippen molar-refractivity contribution in [1.29, 1.82) is 0 Å². The van der Waals surface area contributed by atoms with Gasteiger partial charge in [-0.2, -0.15) is 0 Å². The summed E-state index contributed by atoms with van der Waals surface area (Å²) >= 11 is 0. The summed E-state index contributed by atoms with van der Waals surface area (Å²) in [6, 6.07) is 30.3. The number of rotatable bonds is 21. The summed E-state index contributed by atoms with van der Waals surface area (Å²) in [6.45, 7) is 16.5. The molecule has 0 aromatic heterocycles. The molecule has 4 atom stereocenters. The molecule has 0 bridgehead atoms. The third kappa shape index (κ3) is 12.7. The molecule has 3 amide bonds. The number of phenolic OH excluding ortho intramolecular Hbond substituents is 1. The molecule has 2 aliphatic carbocycles. The number of ether oxygens (including phenoxy) is 3. The third-order valence-corrected chi connectivity index (χ3v) is 19.0. The number of amides is 3. The highest BCUT2D eigenvalue weighted by Crippen LogP contribution is 2.46. The Hall–Kier alpha value is -5.25. The highest BCUT2D eigenvalue weighted by molar-refractivity contribution is 6.74. The van der Waals surface area contributed by atoms with E-state index >= 15 is 0 Å². The van der Waals surface area contributed by atoms with Crippen LogP contribution in [0, 0.1) is 11.8 Å². The molecule has 2 saturated carbocycles. The number of para-hydroxylation sites is 1. The van der Waals surface area contributed by atoms with Crippen LogP contribution in [0.25, 0.3) is 11.1 Å². The summed E-state index contributed by atoms with van der Waals surface area (Å²) in [6.07, 6.45) is 5.14. The quantitative estimate of drug-likeness (QED) is 0.0362. The number of nitrogens with zero attached hydrogens (tertiary/aromatic N) is 2. The van der Waals surface area contributed by atoms with Crippen molar-refractivity contribution in [3.05, 3.63) is 108 Å². The number of carbonyl (C=O) groups excluding carboxylic acids is 3. The minimum atomic E-state index is -2.25. The summed E-state index contributed by atoms with van der Waals surface area (Å²) in [4.78, 5) is 43.1. The summed E-state index contributed by atoms with van der Waals surface area (Å²) in [7, 11) is -2.25. The largest absolute Gasteiger partial charge is 0.506 e. The molecular weight excluding hydrogens is 875 g/mol. The van der Waals surface area contributed by atoms with Crippen molar-refractivity contribution in [2.24, 2.45) is 11.8 Å². The molecule has 4 aromatic carbocycles. The molecule has 4 aromatic rings. The standard InChI is InChI=1S/C54H71N5O8Si/c1-54(2,3)68(4,5)67-48(45-20-21-47(60)51-52(45)65-36-49(61)57-51)33-55-25-27-59(42-18-19-42)50(62)24-29-64-28-23-38-13-11-12-37(30-38)22-26-58-34-40-31-43(32-41(40)35-58)66-53(63)56-46-17-10-9-16-44(46)39-14-7-6-8-15-39/h6-17,20-21,30,40-43,48,55,60H,18-19,22-29,31-36H2,1-5H3,(H,56,63)(H,57,61)/t40-,41+,43+,48-/m0/s1. The molecule has 4 aliphatic rings. The molecule has 0 spiro atoms. The van der Waals surface area contributed by atoms with Crippen LogP contribution >= 0.6 is 0 Å². The van der Waals surface area contributed by atoms with Crippen LogP contribution in [-0.4, -0.2) is 112 Å². The van der Waals surface area contributed by atoms with E-state index in [1.165, 1.54) is 11.1 Å². The van der Waals surface area contributed by atoms with Crippen LogP contribution < -0.4 is 20.7 Å². The van der Waals surface area contributed by atoms with Gasteiger partial charge in [-0.1, -0.05) is 93.6 Å². The highest BCUT2D eigenvalue weighted by atomic mass is 28.4. The predicted octanol–water partition coefficient (Wildman–Crippen LogP) is 9.18. The zero-order valence-corrected chi connectivity index (χ0v) is 41.6. The molecule has 68 heavy (non-hydrogen) atoms. The van der Waals surface area contributed by atoms with Gasteiger partial charge in [0.25, 0.3) is 5.91 Å². The predicted molar refractivity (Wildman–Crippen MR) is 269 cm³/mol. The SMILES string of the molecule is CC(C)(C)[Si](C)(C)O[C@@H](CNCCN(C(=O)CCOCCc1cccc(CCN2C[C@H]3C[C@H](OC(=O)Nc4ccccc4-c4ccccc4)C[C@H]3C2)c1)C1CC1)c1ccc(O)c2c1OCC(=O)N2. The van der Waals surface area contributed by atoms with E-state index in [0.717, 1.165) is 80.5 Å². The van der Waals surface area contributed by atoms with Crippen LogP contribution in [0.2, 0.25) is 18.1 Å². The number of phenols is 1. The van der Waals surface area contributed by atoms with Crippen molar-refractivity contribution in [1.82, 2.24) is 15.1 Å². The number of carbonyl (C=O) groups is 3. The zero-order valence-electron chi connectivity index (χ0n) is 40.6. The fraction of sp³-hybridized carbons (Fsp3) is 0.500. The fourth-order valence-electron chi connectivity index (χ4n) is 9.70. The lowest BCUT2D eigenvalue weighted by molar-refractivity contribution is -0.132. The second-order valence-electron chi connectivity index (χ2n) is 20.6. The first-order valence-electron chi connectivity index (χ1n) is 24.7. The molecule has 4 N–H and O–H groups in total. The Morgan fingerprint density at radius 2 is 1.65 bits per heavy atom. The van der Waals surface area contributed by atoms with Crippen molar-refractivity contribution < 1.29 is 38.1 Å². The van der Waals surface area contributed by atoms with E-state index in [9.17, 15) is 19.5 Å². The van der Waals surface area contributed by atoms with E-state index in [1.807, 2.05) is 65.6 Å². The second kappa shape index (κ2) is 22.0. The van der Waals surface area contributed by atoms with Gasteiger partial charge in [-0.25, -0.2) is 4.79 Å². The summed E-state index contributed by atoms with van der Waals surface area (Å²) in [5.74, 6) is 1.28. The monoisotopic (exact) mass is 946 g/mol. The van der Waals surface area contributed by atoms with Crippen molar-refractivity contribution in [3.8, 4) is 22.6 Å². The Kier molecular flexibility index (Phi) is 15.9. The topological polar surface area (TPSA) is 151 Å². The molecule has 364 valence electrons. The maximum atomic E-state index is 13.5. The van der Waals surface area contributed by atoms with Gasteiger partial charge in [0.05, 0.1) is 31.4 Å². The summed E-state index contributed by atoms with van der Waals surface area (Å²) < 4.78 is 24.8. The van der Waals surface area contributed by atoms with Crippen molar-refractivity contribution >= 4 is 37.6 Å². The number of aromatic hydroxyl groups is 1. The third-order valence-electron chi connectivity index (χ3n) is 14.5. The molecule has 8 rings (SSSR count). The van der Waals surface area contributed by atoms with Gasteiger partial charge in [-0.15, -0.1) is 0 Å². The van der Waals surface area contributed by atoms with E-state index in [1.54, 1.807) is 6.07 Å². The number of hydrogen-bond acceptors (Lipinski definition) is 10. The maximum Gasteiger partial charge on any atom is 0.411 e. The smallest absolute Gasteiger partial charge is 0.411 e. The van der Waals surface area contributed by atoms with Crippen molar-refractivity contribution in [2.45, 2.75) is 102 Å². The van der Waals surface area contributed by atoms with Gasteiger partial charge >= 0.3 is 6.09 Å². The van der Waals surface area contributed by atoms with Crippen LogP contribution in [0.1, 0.15) is 75.7 Å². The highest BCUT2D eigenvalue weighted by Gasteiger charge is 2.43. The van der Waals surface area contributed by atoms with Crippen molar-refractivity contribution in [3.63, 3.8) is 0 Å². The number of hydrogen-bond donors (Lipinski definition) is 4. The lowest BCUT2D eigenvalue weighted by Crippen LogP contribution is -2.44. The molecule has 13 nitrogen and oxygen atoms in total. The Morgan fingerprint density at radius 1 is 0.926 bits per heavy atom. The van der Waals surface area contributed by atoms with Gasteiger partial charge in [-0.3, -0.25) is 14.9 Å². The molecule has 0 radical (unpaired) electrons. The summed E-state index contributed by atoms with van der Waals surface area (Å²) in [5.41, 5.74) is 6.38. The summed E-state index contributed by atoms with van der Waals surface area (Å²) in [5, 5.41) is 19.8. The van der Waals surface area contributed by atoms with Gasteiger partial charge in [-0.05, 0) is 103 Å². The molecular formula is C54H71N5O8Si. The first-order valence-corrected chi connectivity index (χ1v) is 27.6. The Balaban J connectivity index is 0.729. The van der Waals surface area contributed by atoms with Crippen molar-refractivity contribution in [2.75, 3.05) is 69.7 Å². The Bertz CT molecular complexity index is 2360. The van der Waals surface area contributed by atoms with Crippen LogP contribution in [0.3, 0.4) is 0 Å². The van der Waals surface area contributed by atoms with Crippen LogP contribution in [0.4, 0.5) is 16.2 Å². The van der Waals surface area contributed by atoms with Crippen LogP contribution in [0.15, 0.2) is 91.0 Å². The van der Waals surface area contributed by atoms with Gasteiger partial charge in [0.1, 0.15) is 17.5 Å². The normalized spacial score (nSPS) is 19.7. The lowest BCUT2D eigenvalue weighted by atomic mass is 10.0. The zero-order chi connectivity index (χ0) is 47.8. The number of nitrogens with one attached hydrogen (secondary N) is 3. The first kappa shape index (κ1) is 49.2. The van der Waals surface area contributed by atoms with Gasteiger partial charge in [0, 0.05) is 56.4 Å². The number of likely N-dealkylation sites (tertiary alicyclic amines) is 1. The number of benzene rings is 4. The first-order chi connectivity index (χ1) is 32.7. The minimum absolute atomic E-state index is 0.0434. The molecule has 14 heteroatoms. The fourth-order valence-corrected chi connectivity index (χ4v) is 11.0. The molecule has 2 aliphatic heterocycles. The average Bonchev–Trinajstić information content (AvgIpc) is 3.98. The Labute approximate surface area is 403 Å². The Morgan fingerprint density at radius 3 is 2.38 bits per heavy atom. The van der Waals surface area contributed by atoms with Crippen LogP contribution in [0.5, 0.6) is 11.5 Å². The maximum absolute atomic E-state index is 13.5. The number of fused-ring (bicyclic) bond motifs is 2. The average molecular weight is 946 g/mol. The van der Waals surface area contributed by atoms with E-state index in [2.05, 4.69) is 79.0 Å². The molecule has 0 unspecified atom stereocenters.